The van der Waals surface area contributed by atoms with Crippen LogP contribution in [-0.2, 0) is 4.79 Å². The molecule has 2 rings (SSSR count). The van der Waals surface area contributed by atoms with Crippen LogP contribution in [0.25, 0.3) is 0 Å². The smallest absolute Gasteiger partial charge is 0.222 e. The van der Waals surface area contributed by atoms with Crippen molar-refractivity contribution in [2.75, 3.05) is 0 Å². The van der Waals surface area contributed by atoms with E-state index in [1.165, 1.54) is 19.3 Å². The molecular formula is C12H21NO. The van der Waals surface area contributed by atoms with E-state index in [9.17, 15) is 4.79 Å². The number of rotatable bonds is 1. The van der Waals surface area contributed by atoms with Crippen molar-refractivity contribution in [3.05, 3.63) is 0 Å². The van der Waals surface area contributed by atoms with Crippen LogP contribution in [0.2, 0.25) is 0 Å². The van der Waals surface area contributed by atoms with E-state index in [4.69, 9.17) is 0 Å². The van der Waals surface area contributed by atoms with E-state index < -0.39 is 0 Å². The first kappa shape index (κ1) is 10.0. The molecule has 2 fully saturated rings. The van der Waals surface area contributed by atoms with Crippen LogP contribution in [0.5, 0.6) is 0 Å². The van der Waals surface area contributed by atoms with Crippen molar-refractivity contribution >= 4 is 5.91 Å². The zero-order chi connectivity index (χ0) is 10.3. The lowest BCUT2D eigenvalue weighted by molar-refractivity contribution is -0.139. The zero-order valence-corrected chi connectivity index (χ0v) is 9.47. The van der Waals surface area contributed by atoms with E-state index in [1.807, 2.05) is 0 Å². The molecule has 3 atom stereocenters. The minimum atomic E-state index is 0.183. The fraction of sp³-hybridized carbons (Fsp3) is 0.917. The highest BCUT2D eigenvalue weighted by molar-refractivity contribution is 5.85. The topological polar surface area (TPSA) is 29.1 Å². The fourth-order valence-electron chi connectivity index (χ4n) is 3.48. The van der Waals surface area contributed by atoms with E-state index in [1.54, 1.807) is 0 Å². The van der Waals surface area contributed by atoms with Gasteiger partial charge in [0.2, 0.25) is 5.91 Å². The predicted octanol–water partition coefficient (Wildman–Crippen LogP) is 2.34. The molecule has 0 bridgehead atoms. The highest BCUT2D eigenvalue weighted by Gasteiger charge is 2.51. The Morgan fingerprint density at radius 3 is 2.57 bits per heavy atom. The van der Waals surface area contributed by atoms with E-state index in [0.717, 1.165) is 12.3 Å². The average molecular weight is 195 g/mol. The van der Waals surface area contributed by atoms with Crippen molar-refractivity contribution in [2.24, 2.45) is 17.8 Å². The first-order valence-corrected chi connectivity index (χ1v) is 5.84. The van der Waals surface area contributed by atoms with Gasteiger partial charge in [-0.1, -0.05) is 27.2 Å². The summed E-state index contributed by atoms with van der Waals surface area (Å²) in [7, 11) is 0. The lowest BCUT2D eigenvalue weighted by Crippen LogP contribution is -2.67. The maximum absolute atomic E-state index is 11.1. The van der Waals surface area contributed by atoms with Crippen LogP contribution in [-0.4, -0.2) is 11.4 Å². The standard InChI is InChI=1S/C12H21NO/c1-8(2)10-5-4-9(3)6-12(10)7-11(14)13-12/h8-10H,4-7H2,1-3H3,(H,13,14). The van der Waals surface area contributed by atoms with Crippen molar-refractivity contribution in [3.8, 4) is 0 Å². The SMILES string of the molecule is CC1CCC(C(C)C)C2(CC(=O)N2)C1. The molecule has 0 aromatic rings. The molecule has 2 aliphatic rings. The van der Waals surface area contributed by atoms with Crippen LogP contribution in [0.15, 0.2) is 0 Å². The number of nitrogens with one attached hydrogen (secondary N) is 1. The molecule has 80 valence electrons. The lowest BCUT2D eigenvalue weighted by atomic mass is 9.60. The van der Waals surface area contributed by atoms with Crippen LogP contribution in [0.4, 0.5) is 0 Å². The highest BCUT2D eigenvalue weighted by Crippen LogP contribution is 2.46. The second kappa shape index (κ2) is 3.25. The van der Waals surface area contributed by atoms with Gasteiger partial charge in [0.15, 0.2) is 0 Å². The Kier molecular flexibility index (Phi) is 2.32. The van der Waals surface area contributed by atoms with Crippen LogP contribution in [0.1, 0.15) is 46.5 Å². The maximum atomic E-state index is 11.1. The van der Waals surface area contributed by atoms with Crippen LogP contribution < -0.4 is 5.32 Å². The van der Waals surface area contributed by atoms with Gasteiger partial charge >= 0.3 is 0 Å². The molecule has 0 aromatic carbocycles. The van der Waals surface area contributed by atoms with Gasteiger partial charge in [-0.25, -0.2) is 0 Å². The van der Waals surface area contributed by atoms with Crippen molar-refractivity contribution in [3.63, 3.8) is 0 Å². The van der Waals surface area contributed by atoms with E-state index in [-0.39, 0.29) is 11.4 Å². The molecule has 0 radical (unpaired) electrons. The van der Waals surface area contributed by atoms with Crippen LogP contribution >= 0.6 is 0 Å². The normalized spacial score (nSPS) is 42.4. The summed E-state index contributed by atoms with van der Waals surface area (Å²) in [5.74, 6) is 2.44. The molecule has 1 aliphatic heterocycles. The number of hydrogen-bond donors (Lipinski definition) is 1. The summed E-state index contributed by atoms with van der Waals surface area (Å²) in [6, 6.07) is 0. The molecule has 1 spiro atoms. The summed E-state index contributed by atoms with van der Waals surface area (Å²) in [6.45, 7) is 6.88. The van der Waals surface area contributed by atoms with E-state index in [0.29, 0.717) is 11.8 Å². The number of carbonyl (C=O) groups is 1. The third-order valence-corrected chi connectivity index (χ3v) is 4.06. The van der Waals surface area contributed by atoms with Gasteiger partial charge in [0.25, 0.3) is 0 Å². The number of amides is 1. The molecule has 1 amide bonds. The van der Waals surface area contributed by atoms with Gasteiger partial charge in [-0.2, -0.15) is 0 Å². The predicted molar refractivity (Wildman–Crippen MR) is 56.8 cm³/mol. The molecule has 2 nitrogen and oxygen atoms in total. The largest absolute Gasteiger partial charge is 0.350 e. The van der Waals surface area contributed by atoms with Gasteiger partial charge in [-0.15, -0.1) is 0 Å². The molecule has 1 N–H and O–H groups in total. The number of hydrogen-bond acceptors (Lipinski definition) is 1. The molecule has 1 saturated carbocycles. The molecular weight excluding hydrogens is 174 g/mol. The summed E-state index contributed by atoms with van der Waals surface area (Å²) in [5, 5.41) is 3.18. The minimum absolute atomic E-state index is 0.183. The van der Waals surface area contributed by atoms with Gasteiger partial charge in [0.1, 0.15) is 0 Å². The Bertz CT molecular complexity index is 239. The minimum Gasteiger partial charge on any atom is -0.350 e. The van der Waals surface area contributed by atoms with Gasteiger partial charge in [-0.05, 0) is 30.6 Å². The number of β-lactam (4-membered cyclic amide) rings is 1. The Morgan fingerprint density at radius 2 is 2.07 bits per heavy atom. The Hall–Kier alpha value is -0.530. The van der Waals surface area contributed by atoms with Gasteiger partial charge < -0.3 is 5.32 Å². The van der Waals surface area contributed by atoms with Gasteiger partial charge in [0, 0.05) is 6.42 Å². The summed E-state index contributed by atoms with van der Waals surface area (Å²) in [6.07, 6.45) is 4.60. The average Bonchev–Trinajstić information content (AvgIpc) is 2.00. The summed E-state index contributed by atoms with van der Waals surface area (Å²) in [5.41, 5.74) is 0.183. The second-order valence-electron chi connectivity index (χ2n) is 5.62. The van der Waals surface area contributed by atoms with Crippen molar-refractivity contribution in [1.82, 2.24) is 5.32 Å². The Morgan fingerprint density at radius 1 is 1.43 bits per heavy atom. The third-order valence-electron chi connectivity index (χ3n) is 4.06. The monoisotopic (exact) mass is 195 g/mol. The molecule has 1 saturated heterocycles. The first-order chi connectivity index (χ1) is 6.53. The molecule has 1 aliphatic carbocycles. The third kappa shape index (κ3) is 1.45. The van der Waals surface area contributed by atoms with Crippen molar-refractivity contribution < 1.29 is 4.79 Å². The van der Waals surface area contributed by atoms with Gasteiger partial charge in [0.05, 0.1) is 5.54 Å². The van der Waals surface area contributed by atoms with Crippen molar-refractivity contribution in [1.29, 1.82) is 0 Å². The van der Waals surface area contributed by atoms with Gasteiger partial charge in [-0.3, -0.25) is 4.79 Å². The molecule has 1 heterocycles. The molecule has 2 heteroatoms. The first-order valence-electron chi connectivity index (χ1n) is 5.84. The highest BCUT2D eigenvalue weighted by atomic mass is 16.2. The van der Waals surface area contributed by atoms with Crippen molar-refractivity contribution in [2.45, 2.75) is 52.0 Å². The maximum Gasteiger partial charge on any atom is 0.222 e. The summed E-state index contributed by atoms with van der Waals surface area (Å²) >= 11 is 0. The van der Waals surface area contributed by atoms with E-state index >= 15 is 0 Å². The zero-order valence-electron chi connectivity index (χ0n) is 9.47. The van der Waals surface area contributed by atoms with Crippen LogP contribution in [0.3, 0.4) is 0 Å². The lowest BCUT2D eigenvalue weighted by Gasteiger charge is -2.54. The van der Waals surface area contributed by atoms with E-state index in [2.05, 4.69) is 26.1 Å². The molecule has 0 aromatic heterocycles. The summed E-state index contributed by atoms with van der Waals surface area (Å²) in [4.78, 5) is 11.1. The quantitative estimate of drug-likeness (QED) is 0.639. The second-order valence-corrected chi connectivity index (χ2v) is 5.62. The Labute approximate surface area is 86.5 Å². The summed E-state index contributed by atoms with van der Waals surface area (Å²) < 4.78 is 0. The Balaban J connectivity index is 2.12. The fourth-order valence-corrected chi connectivity index (χ4v) is 3.48. The number of carbonyl (C=O) groups excluding carboxylic acids is 1. The van der Waals surface area contributed by atoms with Crippen LogP contribution in [0, 0.1) is 17.8 Å². The molecule has 14 heavy (non-hydrogen) atoms. The molecule has 3 unspecified atom stereocenters.